The summed E-state index contributed by atoms with van der Waals surface area (Å²) >= 11 is 0. The highest BCUT2D eigenvalue weighted by Gasteiger charge is 2.58. The van der Waals surface area contributed by atoms with Gasteiger partial charge in [-0.05, 0) is 63.1 Å². The fraction of sp³-hybridized carbons (Fsp3) is 0.625. The van der Waals surface area contributed by atoms with Crippen LogP contribution in [0.3, 0.4) is 0 Å². The maximum atomic E-state index is 12.6. The van der Waals surface area contributed by atoms with E-state index in [1.165, 1.54) is 30.7 Å². The van der Waals surface area contributed by atoms with E-state index in [2.05, 4.69) is 34.2 Å². The van der Waals surface area contributed by atoms with E-state index < -0.39 is 6.36 Å². The van der Waals surface area contributed by atoms with E-state index in [9.17, 15) is 13.2 Å². The van der Waals surface area contributed by atoms with Gasteiger partial charge in [0.2, 0.25) is 0 Å². The van der Waals surface area contributed by atoms with Gasteiger partial charge in [0.15, 0.2) is 0 Å². The second-order valence-corrected chi connectivity index (χ2v) is 9.55. The minimum atomic E-state index is -4.71. The van der Waals surface area contributed by atoms with Crippen LogP contribution in [-0.2, 0) is 4.74 Å². The van der Waals surface area contributed by atoms with E-state index in [0.717, 1.165) is 32.7 Å². The van der Waals surface area contributed by atoms with Gasteiger partial charge in [0.05, 0.1) is 12.3 Å². The number of hydrogen-bond acceptors (Lipinski definition) is 4. The Morgan fingerprint density at radius 1 is 1.09 bits per heavy atom. The molecular formula is C24H30F3N3O2. The van der Waals surface area contributed by atoms with E-state index in [1.807, 2.05) is 0 Å². The zero-order valence-corrected chi connectivity index (χ0v) is 18.5. The Morgan fingerprint density at radius 2 is 1.88 bits per heavy atom. The molecule has 0 bridgehead atoms. The molecule has 1 saturated heterocycles. The first-order valence-corrected chi connectivity index (χ1v) is 11.6. The number of aromatic nitrogens is 2. The smallest absolute Gasteiger partial charge is 0.406 e. The van der Waals surface area contributed by atoms with Gasteiger partial charge in [-0.15, -0.1) is 13.2 Å². The first-order chi connectivity index (χ1) is 15.3. The molecule has 0 N–H and O–H groups in total. The highest BCUT2D eigenvalue weighted by Crippen LogP contribution is 2.64. The zero-order valence-electron chi connectivity index (χ0n) is 18.5. The van der Waals surface area contributed by atoms with Gasteiger partial charge in [0, 0.05) is 49.0 Å². The van der Waals surface area contributed by atoms with Crippen molar-refractivity contribution in [1.82, 2.24) is 14.7 Å². The molecule has 0 radical (unpaired) electrons. The van der Waals surface area contributed by atoms with Crippen LogP contribution in [0.2, 0.25) is 0 Å². The van der Waals surface area contributed by atoms with Gasteiger partial charge in [-0.25, -0.2) is 0 Å². The summed E-state index contributed by atoms with van der Waals surface area (Å²) in [5.41, 5.74) is 2.55. The first kappa shape index (κ1) is 21.8. The molecule has 2 atom stereocenters. The van der Waals surface area contributed by atoms with Crippen LogP contribution in [0.1, 0.15) is 50.8 Å². The summed E-state index contributed by atoms with van der Waals surface area (Å²) in [4.78, 5) is 2.60. The number of rotatable bonds is 5. The minimum absolute atomic E-state index is 0.188. The maximum Gasteiger partial charge on any atom is 0.573 e. The molecule has 2 aliphatic carbocycles. The molecule has 1 aliphatic heterocycles. The molecule has 32 heavy (non-hydrogen) atoms. The van der Waals surface area contributed by atoms with E-state index in [4.69, 9.17) is 9.84 Å². The summed E-state index contributed by atoms with van der Waals surface area (Å²) in [7, 11) is 0. The molecule has 1 aromatic carbocycles. The molecule has 3 aliphatic rings. The summed E-state index contributed by atoms with van der Waals surface area (Å²) in [6.45, 7) is 8.04. The molecule has 2 aromatic rings. The number of benzene rings is 1. The fourth-order valence-electron chi connectivity index (χ4n) is 5.74. The van der Waals surface area contributed by atoms with Crippen LogP contribution in [0.15, 0.2) is 30.3 Å². The number of hydrogen-bond donors (Lipinski definition) is 0. The summed E-state index contributed by atoms with van der Waals surface area (Å²) in [6.07, 6.45) is -1.18. The standard InChI is InChI=1S/C24H30F3N3O2/c1-15(2)30-22(14-21(28-30)16-5-3-6-18(11-16)32-24(25,26)27)23-19-12-17(13-20(19)23)29-7-4-9-31-10-8-29/h3,5-6,11,14-15,17,19-20,23H,4,7-10,12-13H2,1-2H3. The van der Waals surface area contributed by atoms with Crippen LogP contribution in [0.4, 0.5) is 13.2 Å². The van der Waals surface area contributed by atoms with Crippen molar-refractivity contribution < 1.29 is 22.6 Å². The lowest BCUT2D eigenvalue weighted by atomic mass is 10.0. The third-order valence-electron chi connectivity index (χ3n) is 7.15. The normalized spacial score (nSPS) is 28.6. The van der Waals surface area contributed by atoms with Gasteiger partial charge in [-0.2, -0.15) is 5.10 Å². The van der Waals surface area contributed by atoms with E-state index in [1.54, 1.807) is 12.1 Å². The summed E-state index contributed by atoms with van der Waals surface area (Å²) < 4.78 is 49.7. The number of nitrogens with zero attached hydrogens (tertiary/aromatic N) is 3. The van der Waals surface area contributed by atoms with Crippen LogP contribution in [0, 0.1) is 11.8 Å². The Balaban J connectivity index is 1.33. The molecule has 0 amide bonds. The Hall–Kier alpha value is -2.06. The predicted octanol–water partition coefficient (Wildman–Crippen LogP) is 5.24. The third-order valence-corrected chi connectivity index (χ3v) is 7.15. The quantitative estimate of drug-likeness (QED) is 0.626. The van der Waals surface area contributed by atoms with Crippen molar-refractivity contribution in [2.45, 2.75) is 57.5 Å². The monoisotopic (exact) mass is 449 g/mol. The second kappa shape index (κ2) is 8.37. The van der Waals surface area contributed by atoms with Crippen molar-refractivity contribution in [2.24, 2.45) is 11.8 Å². The topological polar surface area (TPSA) is 39.5 Å². The number of alkyl halides is 3. The lowest BCUT2D eigenvalue weighted by Crippen LogP contribution is -2.36. The van der Waals surface area contributed by atoms with Crippen molar-refractivity contribution >= 4 is 0 Å². The van der Waals surface area contributed by atoms with Crippen LogP contribution in [0.25, 0.3) is 11.3 Å². The lowest BCUT2D eigenvalue weighted by molar-refractivity contribution is -0.274. The molecule has 5 nitrogen and oxygen atoms in total. The number of fused-ring (bicyclic) bond motifs is 1. The predicted molar refractivity (Wildman–Crippen MR) is 114 cm³/mol. The van der Waals surface area contributed by atoms with Crippen molar-refractivity contribution in [3.63, 3.8) is 0 Å². The minimum Gasteiger partial charge on any atom is -0.406 e. The van der Waals surface area contributed by atoms with Crippen molar-refractivity contribution in [3.05, 3.63) is 36.0 Å². The average molecular weight is 450 g/mol. The Labute approximate surface area is 186 Å². The molecule has 3 fully saturated rings. The van der Waals surface area contributed by atoms with Gasteiger partial charge < -0.3 is 9.47 Å². The van der Waals surface area contributed by atoms with Crippen LogP contribution >= 0.6 is 0 Å². The molecule has 174 valence electrons. The summed E-state index contributed by atoms with van der Waals surface area (Å²) in [5, 5.41) is 4.78. The zero-order chi connectivity index (χ0) is 22.5. The van der Waals surface area contributed by atoms with Crippen LogP contribution in [0.5, 0.6) is 5.75 Å². The van der Waals surface area contributed by atoms with Gasteiger partial charge in [0.1, 0.15) is 5.75 Å². The van der Waals surface area contributed by atoms with Gasteiger partial charge in [0.25, 0.3) is 0 Å². The SMILES string of the molecule is CC(C)n1nc(-c2cccc(OC(F)(F)F)c2)cc1C1C2CC(N3CCCOCC3)CC21. The number of ether oxygens (including phenoxy) is 2. The Kier molecular flexibility index (Phi) is 5.70. The molecular weight excluding hydrogens is 419 g/mol. The summed E-state index contributed by atoms with van der Waals surface area (Å²) in [6, 6.07) is 9.00. The van der Waals surface area contributed by atoms with Crippen molar-refractivity contribution in [2.75, 3.05) is 26.3 Å². The molecule has 2 heterocycles. The van der Waals surface area contributed by atoms with Crippen molar-refractivity contribution in [3.8, 4) is 17.0 Å². The van der Waals surface area contributed by atoms with Gasteiger partial charge in [-0.3, -0.25) is 9.58 Å². The molecule has 5 rings (SSSR count). The van der Waals surface area contributed by atoms with E-state index in [0.29, 0.717) is 35.1 Å². The largest absolute Gasteiger partial charge is 0.573 e. The van der Waals surface area contributed by atoms with E-state index >= 15 is 0 Å². The maximum absolute atomic E-state index is 12.6. The van der Waals surface area contributed by atoms with Crippen molar-refractivity contribution in [1.29, 1.82) is 0 Å². The molecule has 0 spiro atoms. The molecule has 1 aromatic heterocycles. The Bertz CT molecular complexity index is 938. The molecule has 8 heteroatoms. The second-order valence-electron chi connectivity index (χ2n) is 9.55. The highest BCUT2D eigenvalue weighted by atomic mass is 19.4. The lowest BCUT2D eigenvalue weighted by Gasteiger charge is -2.28. The number of halogens is 3. The van der Waals surface area contributed by atoms with Gasteiger partial charge in [-0.1, -0.05) is 12.1 Å². The van der Waals surface area contributed by atoms with Crippen LogP contribution < -0.4 is 4.74 Å². The molecule has 2 saturated carbocycles. The fourth-order valence-corrected chi connectivity index (χ4v) is 5.74. The molecule has 2 unspecified atom stereocenters. The first-order valence-electron chi connectivity index (χ1n) is 11.6. The van der Waals surface area contributed by atoms with E-state index in [-0.39, 0.29) is 11.8 Å². The highest BCUT2D eigenvalue weighted by molar-refractivity contribution is 5.62. The third kappa shape index (κ3) is 4.39. The average Bonchev–Trinajstić information content (AvgIpc) is 3.06. The summed E-state index contributed by atoms with van der Waals surface area (Å²) in [5.74, 6) is 1.62. The Morgan fingerprint density at radius 3 is 2.59 bits per heavy atom. The van der Waals surface area contributed by atoms with Gasteiger partial charge >= 0.3 is 6.36 Å². The van der Waals surface area contributed by atoms with Crippen LogP contribution in [-0.4, -0.2) is 53.4 Å².